The monoisotopic (exact) mass is 351 g/mol. The molecule has 1 aromatic heterocycles. The van der Waals surface area contributed by atoms with Crippen molar-refractivity contribution in [1.82, 2.24) is 14.8 Å². The van der Waals surface area contributed by atoms with Gasteiger partial charge in [-0.05, 0) is 30.0 Å². The van der Waals surface area contributed by atoms with Gasteiger partial charge in [0, 0.05) is 5.56 Å². The lowest BCUT2D eigenvalue weighted by Gasteiger charge is -2.09. The molecular weight excluding hydrogens is 330 g/mol. The van der Waals surface area contributed by atoms with Gasteiger partial charge in [-0.25, -0.2) is 0 Å². The summed E-state index contributed by atoms with van der Waals surface area (Å²) >= 11 is 1.41. The van der Waals surface area contributed by atoms with Crippen molar-refractivity contribution in [2.75, 3.05) is 5.75 Å². The molecule has 0 aliphatic heterocycles. The van der Waals surface area contributed by atoms with Gasteiger partial charge in [0.25, 0.3) is 0 Å². The second-order valence-corrected chi connectivity index (χ2v) is 7.20. The highest BCUT2D eigenvalue weighted by atomic mass is 32.2. The Morgan fingerprint density at radius 2 is 1.84 bits per heavy atom. The van der Waals surface area contributed by atoms with Gasteiger partial charge in [-0.15, -0.1) is 10.2 Å². The number of carbonyl (C=O) groups excluding carboxylic acids is 1. The fraction of sp³-hybridized carbons (Fsp3) is 0.250. The number of thioether (sulfide) groups is 1. The number of hydrogen-bond acceptors (Lipinski definition) is 4. The minimum absolute atomic E-state index is 0.0969. The van der Waals surface area contributed by atoms with Gasteiger partial charge in [0.2, 0.25) is 0 Å². The minimum Gasteiger partial charge on any atom is -0.293 e. The van der Waals surface area contributed by atoms with Crippen LogP contribution in [0.25, 0.3) is 5.69 Å². The van der Waals surface area contributed by atoms with Crippen LogP contribution in [-0.2, 0) is 0 Å². The molecular formula is C20H21N3OS. The van der Waals surface area contributed by atoms with Crippen LogP contribution in [0.4, 0.5) is 0 Å². The van der Waals surface area contributed by atoms with E-state index in [1.165, 1.54) is 17.3 Å². The van der Waals surface area contributed by atoms with Crippen LogP contribution in [0.5, 0.6) is 0 Å². The number of aryl methyl sites for hydroxylation is 1. The fourth-order valence-electron chi connectivity index (χ4n) is 2.59. The van der Waals surface area contributed by atoms with Crippen LogP contribution in [-0.4, -0.2) is 26.3 Å². The molecule has 128 valence electrons. The normalized spacial score (nSPS) is 11.0. The third kappa shape index (κ3) is 3.99. The van der Waals surface area contributed by atoms with E-state index in [0.717, 1.165) is 22.0 Å². The molecule has 0 atom stereocenters. The molecule has 3 aromatic rings. The Labute approximate surface area is 152 Å². The van der Waals surface area contributed by atoms with Gasteiger partial charge < -0.3 is 0 Å². The lowest BCUT2D eigenvalue weighted by Crippen LogP contribution is -2.05. The van der Waals surface area contributed by atoms with E-state index in [1.807, 2.05) is 60.0 Å². The molecule has 0 fully saturated rings. The number of benzene rings is 2. The van der Waals surface area contributed by atoms with Crippen molar-refractivity contribution in [3.05, 3.63) is 71.5 Å². The first kappa shape index (κ1) is 17.4. The van der Waals surface area contributed by atoms with E-state index in [2.05, 4.69) is 24.0 Å². The Kier molecular flexibility index (Phi) is 5.34. The number of carbonyl (C=O) groups is 1. The topological polar surface area (TPSA) is 47.8 Å². The summed E-state index contributed by atoms with van der Waals surface area (Å²) in [6.07, 6.45) is 1.69. The molecule has 0 saturated carbocycles. The van der Waals surface area contributed by atoms with E-state index < -0.39 is 0 Å². The largest absolute Gasteiger partial charge is 0.293 e. The average Bonchev–Trinajstić information content (AvgIpc) is 3.08. The maximum absolute atomic E-state index is 12.5. The Morgan fingerprint density at radius 1 is 1.12 bits per heavy atom. The maximum Gasteiger partial charge on any atom is 0.196 e. The molecule has 2 aromatic carbocycles. The number of aromatic nitrogens is 3. The van der Waals surface area contributed by atoms with E-state index in [4.69, 9.17) is 0 Å². The summed E-state index contributed by atoms with van der Waals surface area (Å²) in [6, 6.07) is 15.9. The first-order valence-electron chi connectivity index (χ1n) is 8.28. The van der Waals surface area contributed by atoms with Gasteiger partial charge >= 0.3 is 0 Å². The summed E-state index contributed by atoms with van der Waals surface area (Å²) in [5, 5.41) is 8.89. The second kappa shape index (κ2) is 7.66. The molecule has 3 rings (SSSR count). The van der Waals surface area contributed by atoms with Crippen LogP contribution in [0.2, 0.25) is 0 Å². The van der Waals surface area contributed by atoms with Gasteiger partial charge in [0.05, 0.1) is 11.4 Å². The third-order valence-corrected chi connectivity index (χ3v) is 5.07. The zero-order valence-electron chi connectivity index (χ0n) is 14.6. The minimum atomic E-state index is 0.0969. The lowest BCUT2D eigenvalue weighted by atomic mass is 10.0. The molecule has 0 aliphatic rings. The van der Waals surface area contributed by atoms with E-state index in [-0.39, 0.29) is 5.78 Å². The number of ketones is 1. The SMILES string of the molecule is Cc1ccccc1-n1cnnc1SCC(=O)c1ccc(C(C)C)cc1. The van der Waals surface area contributed by atoms with Gasteiger partial charge in [0.1, 0.15) is 6.33 Å². The Bertz CT molecular complexity index is 869. The first-order valence-corrected chi connectivity index (χ1v) is 9.27. The van der Waals surface area contributed by atoms with E-state index in [9.17, 15) is 4.79 Å². The quantitative estimate of drug-likeness (QED) is 0.478. The van der Waals surface area contributed by atoms with Gasteiger partial charge in [-0.1, -0.05) is 68.1 Å². The van der Waals surface area contributed by atoms with Crippen molar-refractivity contribution in [2.45, 2.75) is 31.8 Å². The summed E-state index contributed by atoms with van der Waals surface area (Å²) < 4.78 is 1.93. The summed E-state index contributed by atoms with van der Waals surface area (Å²) in [5.74, 6) is 0.900. The van der Waals surface area contributed by atoms with Crippen molar-refractivity contribution in [2.24, 2.45) is 0 Å². The molecule has 25 heavy (non-hydrogen) atoms. The second-order valence-electron chi connectivity index (χ2n) is 6.26. The van der Waals surface area contributed by atoms with Crippen LogP contribution in [0.3, 0.4) is 0 Å². The first-order chi connectivity index (χ1) is 12.1. The van der Waals surface area contributed by atoms with Crippen molar-refractivity contribution >= 4 is 17.5 Å². The van der Waals surface area contributed by atoms with Crippen LogP contribution >= 0.6 is 11.8 Å². The highest BCUT2D eigenvalue weighted by molar-refractivity contribution is 7.99. The predicted octanol–water partition coefficient (Wildman–Crippen LogP) is 4.67. The number of rotatable bonds is 6. The highest BCUT2D eigenvalue weighted by Gasteiger charge is 2.13. The van der Waals surface area contributed by atoms with Gasteiger partial charge in [-0.3, -0.25) is 9.36 Å². The molecule has 0 amide bonds. The molecule has 0 radical (unpaired) electrons. The predicted molar refractivity (Wildman–Crippen MR) is 102 cm³/mol. The number of para-hydroxylation sites is 1. The lowest BCUT2D eigenvalue weighted by molar-refractivity contribution is 0.102. The zero-order chi connectivity index (χ0) is 17.8. The van der Waals surface area contributed by atoms with Crippen molar-refractivity contribution in [3.63, 3.8) is 0 Å². The van der Waals surface area contributed by atoms with Crippen LogP contribution < -0.4 is 0 Å². The standard InChI is InChI=1S/C20H21N3OS/c1-14(2)16-8-10-17(11-9-16)19(24)12-25-20-22-21-13-23(20)18-7-5-4-6-15(18)3/h4-11,13-14H,12H2,1-3H3. The van der Waals surface area contributed by atoms with Gasteiger partial charge in [-0.2, -0.15) is 0 Å². The van der Waals surface area contributed by atoms with E-state index in [0.29, 0.717) is 11.7 Å². The number of nitrogens with zero attached hydrogens (tertiary/aromatic N) is 3. The van der Waals surface area contributed by atoms with Crippen molar-refractivity contribution in [3.8, 4) is 5.69 Å². The number of Topliss-reactive ketones (excluding diaryl/α,β-unsaturated/α-hetero) is 1. The smallest absolute Gasteiger partial charge is 0.196 e. The Hall–Kier alpha value is -2.40. The van der Waals surface area contributed by atoms with E-state index >= 15 is 0 Å². The Morgan fingerprint density at radius 3 is 2.52 bits per heavy atom. The maximum atomic E-state index is 12.5. The molecule has 0 saturated heterocycles. The molecule has 4 nitrogen and oxygen atoms in total. The summed E-state index contributed by atoms with van der Waals surface area (Å²) in [5.41, 5.74) is 4.14. The summed E-state index contributed by atoms with van der Waals surface area (Å²) in [4.78, 5) is 12.5. The Balaban J connectivity index is 1.71. The number of hydrogen-bond donors (Lipinski definition) is 0. The van der Waals surface area contributed by atoms with Crippen LogP contribution in [0, 0.1) is 6.92 Å². The average molecular weight is 351 g/mol. The van der Waals surface area contributed by atoms with Crippen LogP contribution in [0.1, 0.15) is 41.3 Å². The highest BCUT2D eigenvalue weighted by Crippen LogP contribution is 2.23. The van der Waals surface area contributed by atoms with Gasteiger partial charge in [0.15, 0.2) is 10.9 Å². The van der Waals surface area contributed by atoms with Crippen molar-refractivity contribution < 1.29 is 4.79 Å². The fourth-order valence-corrected chi connectivity index (χ4v) is 3.41. The third-order valence-electron chi connectivity index (χ3n) is 4.12. The molecule has 1 heterocycles. The zero-order valence-corrected chi connectivity index (χ0v) is 15.5. The molecule has 0 unspecified atom stereocenters. The molecule has 0 spiro atoms. The molecule has 5 heteroatoms. The summed E-state index contributed by atoms with van der Waals surface area (Å²) in [6.45, 7) is 6.33. The summed E-state index contributed by atoms with van der Waals surface area (Å²) in [7, 11) is 0. The van der Waals surface area contributed by atoms with Crippen LogP contribution in [0.15, 0.2) is 60.0 Å². The van der Waals surface area contributed by atoms with Crippen molar-refractivity contribution in [1.29, 1.82) is 0 Å². The molecule has 0 bridgehead atoms. The molecule has 0 aliphatic carbocycles. The van der Waals surface area contributed by atoms with E-state index in [1.54, 1.807) is 6.33 Å². The molecule has 0 N–H and O–H groups in total.